The van der Waals surface area contributed by atoms with Gasteiger partial charge in [-0.1, -0.05) is 23.2 Å². The largest absolute Gasteiger partial charge is 0.490 e. The first-order chi connectivity index (χ1) is 8.75. The Labute approximate surface area is 125 Å². The molecule has 0 spiro atoms. The van der Waals surface area contributed by atoms with Crippen LogP contribution in [0.4, 0.5) is 0 Å². The normalized spacial score (nSPS) is 11.2. The molecule has 0 fully saturated rings. The second-order valence-electron chi connectivity index (χ2n) is 3.43. The van der Waals surface area contributed by atoms with Crippen LogP contribution in [0.25, 0.3) is 0 Å². The highest BCUT2D eigenvalue weighted by Gasteiger charge is 2.17. The van der Waals surface area contributed by atoms with Crippen molar-refractivity contribution < 1.29 is 17.9 Å². The molecule has 1 rings (SSSR count). The van der Waals surface area contributed by atoms with Gasteiger partial charge in [0.2, 0.25) is 5.91 Å². The highest BCUT2D eigenvalue weighted by atomic mass is 35.7. The van der Waals surface area contributed by atoms with E-state index < -0.39 is 9.05 Å². The van der Waals surface area contributed by atoms with E-state index in [0.717, 1.165) is 12.1 Å². The van der Waals surface area contributed by atoms with Crippen molar-refractivity contribution in [2.45, 2.75) is 11.3 Å². The smallest absolute Gasteiger partial charge is 0.261 e. The molecule has 0 radical (unpaired) electrons. The van der Waals surface area contributed by atoms with Crippen LogP contribution >= 0.6 is 33.9 Å². The molecule has 0 heterocycles. The number of ether oxygens (including phenoxy) is 1. The second-order valence-corrected chi connectivity index (χ2v) is 6.81. The van der Waals surface area contributed by atoms with Crippen molar-refractivity contribution in [2.24, 2.45) is 0 Å². The van der Waals surface area contributed by atoms with Crippen LogP contribution in [-0.2, 0) is 13.8 Å². The molecule has 0 saturated heterocycles. The summed E-state index contributed by atoms with van der Waals surface area (Å²) in [6, 6.07) is 2.26. The number of carbonyl (C=O) groups excluding carboxylic acids is 1. The fraction of sp³-hybridized carbons (Fsp3) is 0.300. The van der Waals surface area contributed by atoms with Gasteiger partial charge in [-0.25, -0.2) is 8.42 Å². The zero-order chi connectivity index (χ0) is 14.6. The van der Waals surface area contributed by atoms with Crippen molar-refractivity contribution in [3.63, 3.8) is 0 Å². The van der Waals surface area contributed by atoms with Gasteiger partial charge in [0.15, 0.2) is 5.75 Å². The number of nitrogens with one attached hydrogen (secondary N) is 1. The molecule has 0 aliphatic heterocycles. The van der Waals surface area contributed by atoms with E-state index in [0.29, 0.717) is 0 Å². The maximum absolute atomic E-state index is 11.1. The lowest BCUT2D eigenvalue weighted by Crippen LogP contribution is -2.20. The number of hydrogen-bond acceptors (Lipinski definition) is 4. The van der Waals surface area contributed by atoms with E-state index in [1.807, 2.05) is 0 Å². The molecule has 0 unspecified atom stereocenters. The van der Waals surface area contributed by atoms with E-state index in [1.165, 1.54) is 7.05 Å². The minimum Gasteiger partial charge on any atom is -0.490 e. The van der Waals surface area contributed by atoms with Crippen LogP contribution in [0.2, 0.25) is 10.0 Å². The lowest BCUT2D eigenvalue weighted by molar-refractivity contribution is -0.121. The van der Waals surface area contributed by atoms with Crippen molar-refractivity contribution in [3.8, 4) is 5.75 Å². The lowest BCUT2D eigenvalue weighted by atomic mass is 10.3. The number of halogens is 3. The van der Waals surface area contributed by atoms with Crippen LogP contribution in [0.15, 0.2) is 17.0 Å². The van der Waals surface area contributed by atoms with Gasteiger partial charge in [-0.15, -0.1) is 0 Å². The number of amides is 1. The van der Waals surface area contributed by atoms with Crippen molar-refractivity contribution in [1.29, 1.82) is 0 Å². The molecule has 0 aromatic heterocycles. The first-order valence-corrected chi connectivity index (χ1v) is 8.09. The van der Waals surface area contributed by atoms with Crippen molar-refractivity contribution in [1.82, 2.24) is 5.32 Å². The quantitative estimate of drug-likeness (QED) is 0.831. The summed E-state index contributed by atoms with van der Waals surface area (Å²) in [4.78, 5) is 10.8. The molecule has 0 aliphatic rings. The summed E-state index contributed by atoms with van der Waals surface area (Å²) < 4.78 is 27.5. The van der Waals surface area contributed by atoms with Crippen LogP contribution in [0.5, 0.6) is 5.75 Å². The highest BCUT2D eigenvalue weighted by molar-refractivity contribution is 8.13. The summed E-state index contributed by atoms with van der Waals surface area (Å²) in [5.41, 5.74) is 0. The Balaban J connectivity index is 2.89. The topological polar surface area (TPSA) is 72.5 Å². The third kappa shape index (κ3) is 4.72. The van der Waals surface area contributed by atoms with Crippen LogP contribution in [0.1, 0.15) is 6.42 Å². The third-order valence-corrected chi connectivity index (χ3v) is 4.00. The molecule has 0 atom stereocenters. The summed E-state index contributed by atoms with van der Waals surface area (Å²) in [6.07, 6.45) is 0.124. The first-order valence-electron chi connectivity index (χ1n) is 5.02. The van der Waals surface area contributed by atoms with Gasteiger partial charge in [0.1, 0.15) is 0 Å². The summed E-state index contributed by atoms with van der Waals surface area (Å²) in [5, 5.41) is 2.43. The van der Waals surface area contributed by atoms with E-state index in [1.54, 1.807) is 0 Å². The Kier molecular flexibility index (Phi) is 5.73. The zero-order valence-corrected chi connectivity index (χ0v) is 12.8. The van der Waals surface area contributed by atoms with E-state index in [2.05, 4.69) is 5.32 Å². The molecular weight excluding hydrogens is 337 g/mol. The molecule has 5 nitrogen and oxygen atoms in total. The molecule has 1 aromatic carbocycles. The van der Waals surface area contributed by atoms with Gasteiger partial charge in [0.25, 0.3) is 9.05 Å². The van der Waals surface area contributed by atoms with Gasteiger partial charge < -0.3 is 10.1 Å². The molecule has 19 heavy (non-hydrogen) atoms. The number of rotatable bonds is 5. The fourth-order valence-electron chi connectivity index (χ4n) is 1.19. The van der Waals surface area contributed by atoms with Gasteiger partial charge in [0.05, 0.1) is 28.0 Å². The van der Waals surface area contributed by atoms with Gasteiger partial charge in [-0.3, -0.25) is 4.79 Å². The minimum absolute atomic E-state index is 0.00336. The van der Waals surface area contributed by atoms with E-state index in [4.69, 9.17) is 38.6 Å². The van der Waals surface area contributed by atoms with E-state index >= 15 is 0 Å². The summed E-state index contributed by atoms with van der Waals surface area (Å²) in [7, 11) is 2.76. The fourth-order valence-corrected chi connectivity index (χ4v) is 2.70. The Hall–Kier alpha value is -0.690. The van der Waals surface area contributed by atoms with Crippen LogP contribution < -0.4 is 10.1 Å². The molecule has 0 aliphatic carbocycles. The Morgan fingerprint density at radius 2 is 1.84 bits per heavy atom. The summed E-state index contributed by atoms with van der Waals surface area (Å²) in [6.45, 7) is 0.0616. The monoisotopic (exact) mass is 345 g/mol. The molecule has 0 bridgehead atoms. The Bertz CT molecular complexity index is 565. The zero-order valence-electron chi connectivity index (χ0n) is 9.74. The molecule has 0 saturated carbocycles. The minimum atomic E-state index is -3.92. The van der Waals surface area contributed by atoms with Crippen molar-refractivity contribution in [3.05, 3.63) is 22.2 Å². The standard InChI is InChI=1S/C10H10Cl3NO4S/c1-14-9(15)2-3-18-10-7(11)4-6(5-8(10)12)19(13,16)17/h4-5H,2-3H2,1H3,(H,14,15). The van der Waals surface area contributed by atoms with E-state index in [9.17, 15) is 13.2 Å². The first kappa shape index (κ1) is 16.4. The Morgan fingerprint density at radius 1 is 1.32 bits per heavy atom. The maximum Gasteiger partial charge on any atom is 0.261 e. The van der Waals surface area contributed by atoms with Gasteiger partial charge >= 0.3 is 0 Å². The molecule has 9 heteroatoms. The average Bonchev–Trinajstić information content (AvgIpc) is 2.30. The molecule has 1 aromatic rings. The van der Waals surface area contributed by atoms with Crippen molar-refractivity contribution in [2.75, 3.05) is 13.7 Å². The summed E-state index contributed by atoms with van der Waals surface area (Å²) in [5.74, 6) is -0.0940. The number of carbonyl (C=O) groups is 1. The van der Waals surface area contributed by atoms with Crippen LogP contribution in [-0.4, -0.2) is 28.0 Å². The molecule has 1 amide bonds. The van der Waals surface area contributed by atoms with E-state index in [-0.39, 0.29) is 39.6 Å². The average molecular weight is 347 g/mol. The predicted molar refractivity (Wildman–Crippen MR) is 73.7 cm³/mol. The van der Waals surface area contributed by atoms with Gasteiger partial charge in [0, 0.05) is 17.7 Å². The molecule has 106 valence electrons. The summed E-state index contributed by atoms with van der Waals surface area (Å²) >= 11 is 11.7. The Morgan fingerprint density at radius 3 is 2.26 bits per heavy atom. The highest BCUT2D eigenvalue weighted by Crippen LogP contribution is 2.36. The molecule has 1 N–H and O–H groups in total. The lowest BCUT2D eigenvalue weighted by Gasteiger charge is -2.10. The third-order valence-electron chi connectivity index (χ3n) is 2.11. The van der Waals surface area contributed by atoms with Crippen molar-refractivity contribution >= 4 is 48.8 Å². The maximum atomic E-state index is 11.1. The molecular formula is C10H10Cl3NO4S. The van der Waals surface area contributed by atoms with Gasteiger partial charge in [-0.2, -0.15) is 0 Å². The number of hydrogen-bond donors (Lipinski definition) is 1. The van der Waals surface area contributed by atoms with Crippen LogP contribution in [0, 0.1) is 0 Å². The van der Waals surface area contributed by atoms with Gasteiger partial charge in [-0.05, 0) is 12.1 Å². The SMILES string of the molecule is CNC(=O)CCOc1c(Cl)cc(S(=O)(=O)Cl)cc1Cl. The predicted octanol–water partition coefficient (Wildman–Crippen LogP) is 2.44. The van der Waals surface area contributed by atoms with Crippen LogP contribution in [0.3, 0.4) is 0 Å². The second kappa shape index (κ2) is 6.65. The number of benzene rings is 1.